The van der Waals surface area contributed by atoms with E-state index in [0.717, 1.165) is 12.6 Å². The van der Waals surface area contributed by atoms with Crippen molar-refractivity contribution in [1.29, 1.82) is 0 Å². The van der Waals surface area contributed by atoms with Crippen LogP contribution in [0.5, 0.6) is 0 Å². The highest BCUT2D eigenvalue weighted by molar-refractivity contribution is 4.92. The monoisotopic (exact) mass is 253 g/mol. The molecule has 4 unspecified atom stereocenters. The van der Waals surface area contributed by atoms with Crippen molar-refractivity contribution in [2.24, 2.45) is 11.3 Å². The van der Waals surface area contributed by atoms with Crippen LogP contribution in [0, 0.1) is 11.3 Å². The Morgan fingerprint density at radius 3 is 2.61 bits per heavy atom. The topological polar surface area (TPSA) is 23.5 Å². The van der Waals surface area contributed by atoms with Crippen LogP contribution in [0.15, 0.2) is 0 Å². The number of likely N-dealkylation sites (tertiary alicyclic amines) is 1. The molecule has 2 rings (SSSR count). The minimum absolute atomic E-state index is 0.114. The van der Waals surface area contributed by atoms with E-state index < -0.39 is 0 Å². The van der Waals surface area contributed by atoms with Crippen LogP contribution in [-0.4, -0.2) is 34.7 Å². The van der Waals surface area contributed by atoms with Gasteiger partial charge in [-0.2, -0.15) is 0 Å². The number of aliphatic hydroxyl groups excluding tert-OH is 1. The minimum atomic E-state index is -0.114. The maximum absolute atomic E-state index is 10.6. The zero-order valence-electron chi connectivity index (χ0n) is 12.7. The quantitative estimate of drug-likeness (QED) is 0.833. The summed E-state index contributed by atoms with van der Waals surface area (Å²) >= 11 is 0. The fraction of sp³-hybridized carbons (Fsp3) is 1.00. The van der Waals surface area contributed by atoms with Gasteiger partial charge in [0, 0.05) is 18.6 Å². The summed E-state index contributed by atoms with van der Waals surface area (Å²) in [5.41, 5.74) is 0.119. The van der Waals surface area contributed by atoms with Gasteiger partial charge in [-0.15, -0.1) is 0 Å². The lowest BCUT2D eigenvalue weighted by molar-refractivity contribution is -0.0472. The summed E-state index contributed by atoms with van der Waals surface area (Å²) in [6.07, 6.45) is 7.51. The molecule has 1 aliphatic carbocycles. The lowest BCUT2D eigenvalue weighted by Crippen LogP contribution is -2.47. The molecule has 2 heteroatoms. The van der Waals surface area contributed by atoms with Crippen molar-refractivity contribution in [3.05, 3.63) is 0 Å². The molecule has 0 aromatic heterocycles. The van der Waals surface area contributed by atoms with Gasteiger partial charge in [0.15, 0.2) is 0 Å². The molecular formula is C16H31NO. The van der Waals surface area contributed by atoms with Crippen LogP contribution in [0.4, 0.5) is 0 Å². The summed E-state index contributed by atoms with van der Waals surface area (Å²) in [7, 11) is 0. The zero-order valence-corrected chi connectivity index (χ0v) is 12.7. The third-order valence-electron chi connectivity index (χ3n) is 5.51. The minimum Gasteiger partial charge on any atom is -0.392 e. The molecule has 18 heavy (non-hydrogen) atoms. The summed E-state index contributed by atoms with van der Waals surface area (Å²) in [5, 5.41) is 10.6. The van der Waals surface area contributed by atoms with Gasteiger partial charge in [-0.1, -0.05) is 27.2 Å². The first-order chi connectivity index (χ1) is 8.45. The average molecular weight is 253 g/mol. The second kappa shape index (κ2) is 5.50. The zero-order chi connectivity index (χ0) is 13.3. The van der Waals surface area contributed by atoms with Crippen molar-refractivity contribution in [2.45, 2.75) is 84.4 Å². The molecule has 0 spiro atoms. The molecule has 1 heterocycles. The van der Waals surface area contributed by atoms with Gasteiger partial charge < -0.3 is 5.11 Å². The van der Waals surface area contributed by atoms with Crippen LogP contribution >= 0.6 is 0 Å². The van der Waals surface area contributed by atoms with Crippen LogP contribution in [0.3, 0.4) is 0 Å². The van der Waals surface area contributed by atoms with E-state index in [1.807, 2.05) is 0 Å². The molecule has 0 aromatic carbocycles. The second-order valence-corrected chi connectivity index (χ2v) is 7.27. The molecule has 1 aliphatic heterocycles. The maximum Gasteiger partial charge on any atom is 0.0631 e. The molecule has 1 saturated heterocycles. The van der Waals surface area contributed by atoms with Crippen LogP contribution in [0.1, 0.15) is 66.2 Å². The maximum atomic E-state index is 10.6. The Morgan fingerprint density at radius 2 is 1.94 bits per heavy atom. The Labute approximate surface area is 113 Å². The van der Waals surface area contributed by atoms with Crippen LogP contribution in [0.2, 0.25) is 0 Å². The molecule has 2 nitrogen and oxygen atoms in total. The van der Waals surface area contributed by atoms with Crippen molar-refractivity contribution in [2.75, 3.05) is 6.54 Å². The van der Waals surface area contributed by atoms with E-state index in [1.165, 1.54) is 38.5 Å². The smallest absolute Gasteiger partial charge is 0.0631 e. The highest BCUT2D eigenvalue weighted by Crippen LogP contribution is 2.40. The standard InChI is InChI=1S/C16H31NO/c1-5-14-9-8-12(2)17(14)11-13-7-6-10-16(3,4)15(13)18/h12-15,18H,5-11H2,1-4H3. The summed E-state index contributed by atoms with van der Waals surface area (Å²) < 4.78 is 0. The molecule has 106 valence electrons. The van der Waals surface area contributed by atoms with E-state index in [9.17, 15) is 5.11 Å². The van der Waals surface area contributed by atoms with Gasteiger partial charge in [0.2, 0.25) is 0 Å². The van der Waals surface area contributed by atoms with Gasteiger partial charge in [-0.05, 0) is 50.4 Å². The largest absolute Gasteiger partial charge is 0.392 e. The van der Waals surface area contributed by atoms with Crippen molar-refractivity contribution >= 4 is 0 Å². The average Bonchev–Trinajstić information content (AvgIpc) is 2.66. The van der Waals surface area contributed by atoms with Crippen LogP contribution in [0.25, 0.3) is 0 Å². The molecule has 1 saturated carbocycles. The Bertz CT molecular complexity index is 276. The molecule has 4 atom stereocenters. The number of aliphatic hydroxyl groups is 1. The molecule has 0 amide bonds. The summed E-state index contributed by atoms with van der Waals surface area (Å²) in [6, 6.07) is 1.48. The van der Waals surface area contributed by atoms with Crippen molar-refractivity contribution in [1.82, 2.24) is 4.90 Å². The molecule has 2 fully saturated rings. The van der Waals surface area contributed by atoms with E-state index in [2.05, 4.69) is 32.6 Å². The van der Waals surface area contributed by atoms with Crippen molar-refractivity contribution in [3.63, 3.8) is 0 Å². The van der Waals surface area contributed by atoms with E-state index in [1.54, 1.807) is 0 Å². The number of nitrogens with zero attached hydrogens (tertiary/aromatic N) is 1. The number of hydrogen-bond donors (Lipinski definition) is 1. The molecule has 1 N–H and O–H groups in total. The first-order valence-corrected chi connectivity index (χ1v) is 7.89. The van der Waals surface area contributed by atoms with Crippen molar-refractivity contribution < 1.29 is 5.11 Å². The summed E-state index contributed by atoms with van der Waals surface area (Å²) in [4.78, 5) is 2.68. The van der Waals surface area contributed by atoms with E-state index in [0.29, 0.717) is 12.0 Å². The Balaban J connectivity index is 1.99. The fourth-order valence-corrected chi connectivity index (χ4v) is 4.12. The predicted octanol–water partition coefficient (Wildman–Crippen LogP) is 3.44. The molecule has 0 bridgehead atoms. The number of rotatable bonds is 3. The molecule has 2 aliphatic rings. The third-order valence-corrected chi connectivity index (χ3v) is 5.51. The highest BCUT2D eigenvalue weighted by atomic mass is 16.3. The van der Waals surface area contributed by atoms with Gasteiger partial charge in [0.25, 0.3) is 0 Å². The first-order valence-electron chi connectivity index (χ1n) is 7.89. The van der Waals surface area contributed by atoms with E-state index in [4.69, 9.17) is 0 Å². The summed E-state index contributed by atoms with van der Waals surface area (Å²) in [5.74, 6) is 0.489. The van der Waals surface area contributed by atoms with E-state index >= 15 is 0 Å². The van der Waals surface area contributed by atoms with Gasteiger partial charge in [0.1, 0.15) is 0 Å². The molecular weight excluding hydrogens is 222 g/mol. The Kier molecular flexibility index (Phi) is 4.38. The van der Waals surface area contributed by atoms with Gasteiger partial charge in [0.05, 0.1) is 6.10 Å². The van der Waals surface area contributed by atoms with Gasteiger partial charge in [-0.3, -0.25) is 4.90 Å². The Hall–Kier alpha value is -0.0800. The molecule has 0 radical (unpaired) electrons. The van der Waals surface area contributed by atoms with E-state index in [-0.39, 0.29) is 11.5 Å². The third kappa shape index (κ3) is 2.75. The predicted molar refractivity (Wildman–Crippen MR) is 76.6 cm³/mol. The molecule has 0 aromatic rings. The Morgan fingerprint density at radius 1 is 1.22 bits per heavy atom. The van der Waals surface area contributed by atoms with Crippen LogP contribution < -0.4 is 0 Å². The normalized spacial score (nSPS) is 41.2. The van der Waals surface area contributed by atoms with Gasteiger partial charge in [-0.25, -0.2) is 0 Å². The summed E-state index contributed by atoms with van der Waals surface area (Å²) in [6.45, 7) is 10.2. The first kappa shape index (κ1) is 14.3. The van der Waals surface area contributed by atoms with Crippen LogP contribution in [-0.2, 0) is 0 Å². The highest BCUT2D eigenvalue weighted by Gasteiger charge is 2.40. The van der Waals surface area contributed by atoms with Crippen molar-refractivity contribution in [3.8, 4) is 0 Å². The number of hydrogen-bond acceptors (Lipinski definition) is 2. The second-order valence-electron chi connectivity index (χ2n) is 7.27. The van der Waals surface area contributed by atoms with Gasteiger partial charge >= 0.3 is 0 Å². The lowest BCUT2D eigenvalue weighted by atomic mass is 9.69. The fourth-order valence-electron chi connectivity index (χ4n) is 4.12. The SMILES string of the molecule is CCC1CCC(C)N1CC1CCCC(C)(C)C1O. The lowest BCUT2D eigenvalue weighted by Gasteiger charge is -2.43.